The van der Waals surface area contributed by atoms with Crippen molar-refractivity contribution in [3.63, 3.8) is 0 Å². The molecule has 0 aromatic heterocycles. The Bertz CT molecular complexity index is 602. The smallest absolute Gasteiger partial charge is 0.243 e. The summed E-state index contributed by atoms with van der Waals surface area (Å²) in [6.45, 7) is 2.51. The lowest BCUT2D eigenvalue weighted by Gasteiger charge is -2.22. The van der Waals surface area contributed by atoms with Crippen molar-refractivity contribution < 1.29 is 13.5 Å². The topological polar surface area (TPSA) is 83.6 Å². The predicted molar refractivity (Wildman–Crippen MR) is 81.8 cm³/mol. The lowest BCUT2D eigenvalue weighted by molar-refractivity contribution is 0.0465. The molecule has 112 valence electrons. The van der Waals surface area contributed by atoms with Gasteiger partial charge in [-0.05, 0) is 60.3 Å². The first-order valence-corrected chi connectivity index (χ1v) is 8.73. The van der Waals surface area contributed by atoms with Gasteiger partial charge in [0.2, 0.25) is 10.0 Å². The van der Waals surface area contributed by atoms with Gasteiger partial charge in [-0.15, -0.1) is 0 Å². The van der Waals surface area contributed by atoms with Gasteiger partial charge >= 0.3 is 0 Å². The average molecular weight is 363 g/mol. The van der Waals surface area contributed by atoms with Crippen LogP contribution in [0.15, 0.2) is 27.6 Å². The summed E-state index contributed by atoms with van der Waals surface area (Å²) in [5.74, 6) is 0. The molecule has 0 bridgehead atoms. The molecule has 7 heteroatoms. The highest BCUT2D eigenvalue weighted by molar-refractivity contribution is 9.10. The molecule has 0 aliphatic carbocycles. The zero-order valence-corrected chi connectivity index (χ0v) is 13.7. The molecule has 1 aromatic carbocycles. The van der Waals surface area contributed by atoms with Crippen molar-refractivity contribution in [2.75, 3.05) is 18.8 Å². The van der Waals surface area contributed by atoms with E-state index in [1.165, 1.54) is 16.4 Å². The van der Waals surface area contributed by atoms with E-state index < -0.39 is 15.6 Å². The Morgan fingerprint density at radius 3 is 2.70 bits per heavy atom. The number of hydrogen-bond donors (Lipinski definition) is 2. The third-order valence-corrected chi connectivity index (χ3v) is 6.21. The number of hydrogen-bond acceptors (Lipinski definition) is 4. The number of aliphatic hydroxyl groups is 1. The molecular formula is C13H19BrN2O3S. The molecule has 1 saturated heterocycles. The molecule has 1 fully saturated rings. The minimum Gasteiger partial charge on any atom is -0.398 e. The third-order valence-electron chi connectivity index (χ3n) is 3.63. The molecule has 1 aliphatic heterocycles. The fourth-order valence-corrected chi connectivity index (χ4v) is 4.33. The van der Waals surface area contributed by atoms with E-state index in [1.807, 2.05) is 0 Å². The molecular weight excluding hydrogens is 344 g/mol. The molecule has 1 aromatic rings. The molecule has 1 aliphatic rings. The van der Waals surface area contributed by atoms with E-state index >= 15 is 0 Å². The maximum Gasteiger partial charge on any atom is 0.243 e. The number of nitrogens with zero attached hydrogens (tertiary/aromatic N) is 1. The van der Waals surface area contributed by atoms with E-state index in [0.717, 1.165) is 0 Å². The van der Waals surface area contributed by atoms with Crippen LogP contribution in [0.1, 0.15) is 26.2 Å². The van der Waals surface area contributed by atoms with Gasteiger partial charge in [-0.25, -0.2) is 8.42 Å². The van der Waals surface area contributed by atoms with Crippen LogP contribution in [-0.2, 0) is 10.0 Å². The Hall–Kier alpha value is -0.630. The molecule has 1 heterocycles. The number of rotatable bonds is 2. The van der Waals surface area contributed by atoms with Crippen molar-refractivity contribution in [1.82, 2.24) is 4.31 Å². The minimum absolute atomic E-state index is 0.222. The summed E-state index contributed by atoms with van der Waals surface area (Å²) in [6.07, 6.45) is 1.72. The average Bonchev–Trinajstić information content (AvgIpc) is 2.54. The molecule has 1 atom stereocenters. The van der Waals surface area contributed by atoms with Gasteiger partial charge in [-0.3, -0.25) is 0 Å². The summed E-state index contributed by atoms with van der Waals surface area (Å²) < 4.78 is 27.2. The first kappa shape index (κ1) is 15.8. The fourth-order valence-electron chi connectivity index (χ4n) is 2.30. The van der Waals surface area contributed by atoms with Gasteiger partial charge in [-0.2, -0.15) is 4.31 Å². The monoisotopic (exact) mass is 362 g/mol. The first-order valence-electron chi connectivity index (χ1n) is 6.50. The SMILES string of the molecule is CC1(O)CCCN(S(=O)(=O)c2ccc(N)c(Br)c2)CC1. The summed E-state index contributed by atoms with van der Waals surface area (Å²) in [5, 5.41) is 10.0. The van der Waals surface area contributed by atoms with E-state index in [2.05, 4.69) is 15.9 Å². The van der Waals surface area contributed by atoms with Crippen molar-refractivity contribution in [3.8, 4) is 0 Å². The lowest BCUT2D eigenvalue weighted by Crippen LogP contribution is -2.33. The van der Waals surface area contributed by atoms with Crippen LogP contribution in [-0.4, -0.2) is 36.5 Å². The van der Waals surface area contributed by atoms with Crippen molar-refractivity contribution >= 4 is 31.6 Å². The van der Waals surface area contributed by atoms with Crippen molar-refractivity contribution in [1.29, 1.82) is 0 Å². The highest BCUT2D eigenvalue weighted by atomic mass is 79.9. The van der Waals surface area contributed by atoms with Gasteiger partial charge in [0, 0.05) is 23.2 Å². The third kappa shape index (κ3) is 3.33. The second-order valence-corrected chi connectivity index (χ2v) is 8.23. The van der Waals surface area contributed by atoms with Crippen molar-refractivity contribution in [3.05, 3.63) is 22.7 Å². The van der Waals surface area contributed by atoms with Gasteiger partial charge in [0.15, 0.2) is 0 Å². The lowest BCUT2D eigenvalue weighted by atomic mass is 9.98. The number of benzene rings is 1. The van der Waals surface area contributed by atoms with Gasteiger partial charge in [0.25, 0.3) is 0 Å². The zero-order chi connectivity index (χ0) is 15.0. The normalized spacial score (nSPS) is 25.4. The number of anilines is 1. The molecule has 5 nitrogen and oxygen atoms in total. The molecule has 0 radical (unpaired) electrons. The van der Waals surface area contributed by atoms with E-state index in [1.54, 1.807) is 13.0 Å². The maximum atomic E-state index is 12.6. The summed E-state index contributed by atoms with van der Waals surface area (Å²) in [5.41, 5.74) is 5.40. The highest BCUT2D eigenvalue weighted by Crippen LogP contribution is 2.28. The van der Waals surface area contributed by atoms with E-state index in [4.69, 9.17) is 5.73 Å². The standard InChI is InChI=1S/C13H19BrN2O3S/c1-13(17)5-2-7-16(8-6-13)20(18,19)10-3-4-12(15)11(14)9-10/h3-4,9,17H,2,5-8,15H2,1H3. The van der Waals surface area contributed by atoms with Gasteiger partial charge in [-0.1, -0.05) is 0 Å². The van der Waals surface area contributed by atoms with Crippen LogP contribution in [0.25, 0.3) is 0 Å². The van der Waals surface area contributed by atoms with Crippen LogP contribution in [0.4, 0.5) is 5.69 Å². The van der Waals surface area contributed by atoms with E-state index in [9.17, 15) is 13.5 Å². The van der Waals surface area contributed by atoms with Gasteiger partial charge < -0.3 is 10.8 Å². The second kappa shape index (κ2) is 5.63. The Morgan fingerprint density at radius 2 is 2.05 bits per heavy atom. The van der Waals surface area contributed by atoms with Crippen LogP contribution in [0, 0.1) is 0 Å². The number of nitrogen functional groups attached to an aromatic ring is 1. The van der Waals surface area contributed by atoms with Crippen LogP contribution >= 0.6 is 15.9 Å². The zero-order valence-electron chi connectivity index (χ0n) is 11.3. The minimum atomic E-state index is -3.54. The molecule has 0 spiro atoms. The highest BCUT2D eigenvalue weighted by Gasteiger charge is 2.31. The number of halogens is 1. The number of nitrogens with two attached hydrogens (primary N) is 1. The van der Waals surface area contributed by atoms with E-state index in [0.29, 0.717) is 42.5 Å². The van der Waals surface area contributed by atoms with Crippen molar-refractivity contribution in [2.45, 2.75) is 36.7 Å². The predicted octanol–water partition coefficient (Wildman–Crippen LogP) is 1.96. The largest absolute Gasteiger partial charge is 0.398 e. The summed E-state index contributed by atoms with van der Waals surface area (Å²) in [7, 11) is -3.54. The summed E-state index contributed by atoms with van der Waals surface area (Å²) >= 11 is 3.25. The molecule has 3 N–H and O–H groups in total. The van der Waals surface area contributed by atoms with Gasteiger partial charge in [0.05, 0.1) is 10.5 Å². The molecule has 20 heavy (non-hydrogen) atoms. The second-order valence-electron chi connectivity index (χ2n) is 5.44. The summed E-state index contributed by atoms with van der Waals surface area (Å²) in [6, 6.07) is 4.61. The van der Waals surface area contributed by atoms with Crippen LogP contribution in [0.5, 0.6) is 0 Å². The molecule has 0 amide bonds. The Balaban J connectivity index is 2.28. The summed E-state index contributed by atoms with van der Waals surface area (Å²) in [4.78, 5) is 0.222. The molecule has 2 rings (SSSR count). The Morgan fingerprint density at radius 1 is 1.35 bits per heavy atom. The van der Waals surface area contributed by atoms with Gasteiger partial charge in [0.1, 0.15) is 0 Å². The Kier molecular flexibility index (Phi) is 4.44. The maximum absolute atomic E-state index is 12.6. The number of sulfonamides is 1. The first-order chi connectivity index (χ1) is 9.22. The molecule has 0 saturated carbocycles. The van der Waals surface area contributed by atoms with E-state index in [-0.39, 0.29) is 4.90 Å². The van der Waals surface area contributed by atoms with Crippen LogP contribution in [0.2, 0.25) is 0 Å². The fraction of sp³-hybridized carbons (Fsp3) is 0.538. The quantitative estimate of drug-likeness (QED) is 0.787. The van der Waals surface area contributed by atoms with Crippen LogP contribution in [0.3, 0.4) is 0 Å². The Labute approximate surface area is 128 Å². The molecule has 1 unspecified atom stereocenters. The van der Waals surface area contributed by atoms with Crippen molar-refractivity contribution in [2.24, 2.45) is 0 Å². The van der Waals surface area contributed by atoms with Crippen LogP contribution < -0.4 is 5.73 Å².